The molecule has 0 aliphatic heterocycles. The molecule has 0 aliphatic rings. The standard InChI is InChI=1S/C20H22S3/c1-11-7-17(14(4)21-11)10-20(18-8-12(2)22-15(18)5)19-9-13(3)23-16(19)6/h7-10H,1-6H3. The van der Waals surface area contributed by atoms with Gasteiger partial charge in [-0.05, 0) is 88.1 Å². The lowest BCUT2D eigenvalue weighted by Gasteiger charge is -2.08. The minimum Gasteiger partial charge on any atom is -0.145 e. The van der Waals surface area contributed by atoms with Gasteiger partial charge in [0.2, 0.25) is 0 Å². The van der Waals surface area contributed by atoms with E-state index >= 15 is 0 Å². The molecule has 0 amide bonds. The van der Waals surface area contributed by atoms with Crippen LogP contribution in [0.15, 0.2) is 18.2 Å². The normalized spacial score (nSPS) is 11.0. The minimum absolute atomic E-state index is 1.36. The first-order valence-electron chi connectivity index (χ1n) is 7.78. The molecule has 0 nitrogen and oxygen atoms in total. The predicted octanol–water partition coefficient (Wildman–Crippen LogP) is 7.31. The molecule has 0 atom stereocenters. The summed E-state index contributed by atoms with van der Waals surface area (Å²) in [6, 6.07) is 6.99. The Morgan fingerprint density at radius 3 is 1.43 bits per heavy atom. The summed E-state index contributed by atoms with van der Waals surface area (Å²) < 4.78 is 0. The van der Waals surface area contributed by atoms with Gasteiger partial charge in [0.15, 0.2) is 0 Å². The summed E-state index contributed by atoms with van der Waals surface area (Å²) in [7, 11) is 0. The summed E-state index contributed by atoms with van der Waals surface area (Å²) in [4.78, 5) is 8.35. The van der Waals surface area contributed by atoms with Crippen molar-refractivity contribution < 1.29 is 0 Å². The highest BCUT2D eigenvalue weighted by Gasteiger charge is 2.16. The van der Waals surface area contributed by atoms with Crippen molar-refractivity contribution in [3.05, 3.63) is 64.2 Å². The SMILES string of the molecule is Cc1cc(C=C(c2cc(C)sc2C)c2cc(C)sc2C)c(C)s1. The van der Waals surface area contributed by atoms with Gasteiger partial charge in [-0.1, -0.05) is 0 Å². The molecule has 120 valence electrons. The molecule has 0 aliphatic carbocycles. The number of rotatable bonds is 3. The van der Waals surface area contributed by atoms with Crippen molar-refractivity contribution in [2.45, 2.75) is 41.5 Å². The largest absolute Gasteiger partial charge is 0.145 e. The van der Waals surface area contributed by atoms with E-state index in [2.05, 4.69) is 65.8 Å². The Morgan fingerprint density at radius 2 is 1.09 bits per heavy atom. The average molecular weight is 359 g/mol. The molecule has 0 aromatic carbocycles. The van der Waals surface area contributed by atoms with Gasteiger partial charge < -0.3 is 0 Å². The zero-order valence-corrected chi connectivity index (χ0v) is 17.0. The second-order valence-electron chi connectivity index (χ2n) is 6.08. The summed E-state index contributed by atoms with van der Waals surface area (Å²) >= 11 is 5.66. The molecule has 3 aromatic heterocycles. The van der Waals surface area contributed by atoms with Gasteiger partial charge in [-0.25, -0.2) is 0 Å². The molecule has 0 unspecified atom stereocenters. The van der Waals surface area contributed by atoms with E-state index in [1.54, 1.807) is 0 Å². The van der Waals surface area contributed by atoms with Gasteiger partial charge in [0.25, 0.3) is 0 Å². The number of hydrogen-bond acceptors (Lipinski definition) is 3. The molecule has 3 heterocycles. The van der Waals surface area contributed by atoms with Gasteiger partial charge in [0, 0.05) is 29.3 Å². The lowest BCUT2D eigenvalue weighted by molar-refractivity contribution is 1.48. The van der Waals surface area contributed by atoms with Crippen LogP contribution in [-0.4, -0.2) is 0 Å². The molecule has 0 fully saturated rings. The molecule has 3 aromatic rings. The zero-order chi connectivity index (χ0) is 16.7. The monoisotopic (exact) mass is 358 g/mol. The van der Waals surface area contributed by atoms with E-state index in [0.717, 1.165) is 0 Å². The zero-order valence-electron chi connectivity index (χ0n) is 14.5. The fourth-order valence-electron chi connectivity index (χ4n) is 3.05. The van der Waals surface area contributed by atoms with E-state index in [4.69, 9.17) is 0 Å². The van der Waals surface area contributed by atoms with Crippen molar-refractivity contribution in [3.8, 4) is 0 Å². The van der Waals surface area contributed by atoms with E-state index in [1.165, 1.54) is 51.5 Å². The lowest BCUT2D eigenvalue weighted by atomic mass is 9.96. The van der Waals surface area contributed by atoms with Gasteiger partial charge in [-0.15, -0.1) is 34.0 Å². The van der Waals surface area contributed by atoms with Crippen LogP contribution in [0.3, 0.4) is 0 Å². The molecule has 3 heteroatoms. The summed E-state index contributed by atoms with van der Waals surface area (Å²) in [5.74, 6) is 0. The van der Waals surface area contributed by atoms with E-state index in [1.807, 2.05) is 34.0 Å². The molecule has 23 heavy (non-hydrogen) atoms. The summed E-state index contributed by atoms with van der Waals surface area (Å²) in [6.45, 7) is 13.3. The third kappa shape index (κ3) is 3.37. The van der Waals surface area contributed by atoms with Gasteiger partial charge in [-0.3, -0.25) is 0 Å². The van der Waals surface area contributed by atoms with Crippen LogP contribution < -0.4 is 0 Å². The fourth-order valence-corrected chi connectivity index (χ4v) is 5.83. The Balaban J connectivity index is 2.24. The van der Waals surface area contributed by atoms with Gasteiger partial charge >= 0.3 is 0 Å². The Labute approximate surface area is 151 Å². The van der Waals surface area contributed by atoms with Crippen molar-refractivity contribution in [1.82, 2.24) is 0 Å². The van der Waals surface area contributed by atoms with Crippen LogP contribution in [-0.2, 0) is 0 Å². The first-order chi connectivity index (χ1) is 10.8. The van der Waals surface area contributed by atoms with E-state index in [0.29, 0.717) is 0 Å². The van der Waals surface area contributed by atoms with Crippen molar-refractivity contribution in [2.75, 3.05) is 0 Å². The first-order valence-corrected chi connectivity index (χ1v) is 10.2. The minimum atomic E-state index is 1.36. The van der Waals surface area contributed by atoms with Crippen LogP contribution in [0.25, 0.3) is 11.6 Å². The topological polar surface area (TPSA) is 0 Å². The Hall–Kier alpha value is -1.16. The highest BCUT2D eigenvalue weighted by atomic mass is 32.1. The van der Waals surface area contributed by atoms with Crippen molar-refractivity contribution in [2.24, 2.45) is 0 Å². The second-order valence-corrected chi connectivity index (χ2v) is 10.5. The molecule has 3 rings (SSSR count). The van der Waals surface area contributed by atoms with Crippen molar-refractivity contribution >= 4 is 45.7 Å². The first kappa shape index (κ1) is 16.7. The van der Waals surface area contributed by atoms with Crippen LogP contribution >= 0.6 is 34.0 Å². The molecule has 0 saturated heterocycles. The number of thiophene rings is 3. The average Bonchev–Trinajstić information content (AvgIpc) is 3.06. The maximum atomic E-state index is 2.39. The molecule has 0 N–H and O–H groups in total. The highest BCUT2D eigenvalue weighted by Crippen LogP contribution is 2.38. The van der Waals surface area contributed by atoms with Crippen molar-refractivity contribution in [1.29, 1.82) is 0 Å². The smallest absolute Gasteiger partial charge is 0.00956 e. The second kappa shape index (κ2) is 6.39. The van der Waals surface area contributed by atoms with Crippen LogP contribution in [0.5, 0.6) is 0 Å². The van der Waals surface area contributed by atoms with Gasteiger partial charge in [0.05, 0.1) is 0 Å². The molecule has 0 bridgehead atoms. The summed E-state index contributed by atoms with van der Waals surface area (Å²) in [5.41, 5.74) is 5.50. The molecular formula is C20H22S3. The summed E-state index contributed by atoms with van der Waals surface area (Å²) in [5, 5.41) is 0. The van der Waals surface area contributed by atoms with Gasteiger partial charge in [0.1, 0.15) is 0 Å². The fraction of sp³-hybridized carbons (Fsp3) is 0.300. The highest BCUT2D eigenvalue weighted by molar-refractivity contribution is 7.13. The third-order valence-corrected chi connectivity index (χ3v) is 6.96. The maximum Gasteiger partial charge on any atom is 0.00956 e. The summed E-state index contributed by atoms with van der Waals surface area (Å²) in [6.07, 6.45) is 2.39. The van der Waals surface area contributed by atoms with Crippen molar-refractivity contribution in [3.63, 3.8) is 0 Å². The Bertz CT molecular complexity index is 836. The van der Waals surface area contributed by atoms with Crippen LogP contribution in [0.2, 0.25) is 0 Å². The van der Waals surface area contributed by atoms with Gasteiger partial charge in [-0.2, -0.15) is 0 Å². The molecular weight excluding hydrogens is 336 g/mol. The van der Waals surface area contributed by atoms with E-state index < -0.39 is 0 Å². The van der Waals surface area contributed by atoms with E-state index in [9.17, 15) is 0 Å². The number of aryl methyl sites for hydroxylation is 6. The van der Waals surface area contributed by atoms with E-state index in [-0.39, 0.29) is 0 Å². The maximum absolute atomic E-state index is 2.39. The predicted molar refractivity (Wildman–Crippen MR) is 108 cm³/mol. The van der Waals surface area contributed by atoms with Crippen LogP contribution in [0, 0.1) is 41.5 Å². The molecule has 0 saturated carbocycles. The Kier molecular flexibility index (Phi) is 4.63. The van der Waals surface area contributed by atoms with Crippen LogP contribution in [0.4, 0.5) is 0 Å². The van der Waals surface area contributed by atoms with Crippen LogP contribution in [0.1, 0.15) is 46.0 Å². The third-order valence-electron chi connectivity index (χ3n) is 4.04. The molecule has 0 spiro atoms. The quantitative estimate of drug-likeness (QED) is 0.460. The molecule has 0 radical (unpaired) electrons. The lowest BCUT2D eigenvalue weighted by Crippen LogP contribution is -1.89. The number of hydrogen-bond donors (Lipinski definition) is 0. The Morgan fingerprint density at radius 1 is 0.652 bits per heavy atom.